The Morgan fingerprint density at radius 3 is 3.08 bits per heavy atom. The van der Waals surface area contributed by atoms with Gasteiger partial charge in [-0.15, -0.1) is 0 Å². The smallest absolute Gasteiger partial charge is 0.0441 e. The monoisotopic (exact) mass is 161 g/mol. The van der Waals surface area contributed by atoms with E-state index >= 15 is 0 Å². The number of nitrogens with zero attached hydrogens (tertiary/aromatic N) is 1. The number of hydrogen-bond donors (Lipinski definition) is 0. The Kier molecular flexibility index (Phi) is 1.87. The normalized spacial score (nSPS) is 22.0. The molecule has 0 aliphatic heterocycles. The minimum atomic E-state index is 0.724. The van der Waals surface area contributed by atoms with Crippen LogP contribution in [0.15, 0.2) is 12.1 Å². The van der Waals surface area contributed by atoms with Crippen molar-refractivity contribution in [2.45, 2.75) is 39.0 Å². The average Bonchev–Trinajstić information content (AvgIpc) is 2.04. The average molecular weight is 161 g/mol. The Labute approximate surface area is 73.8 Å². The van der Waals surface area contributed by atoms with E-state index in [0.29, 0.717) is 0 Å². The molecular weight excluding hydrogens is 146 g/mol. The first-order chi connectivity index (χ1) is 5.77. The number of rotatable bonds is 0. The van der Waals surface area contributed by atoms with Crippen LogP contribution in [-0.4, -0.2) is 4.98 Å². The molecule has 1 heteroatoms. The summed E-state index contributed by atoms with van der Waals surface area (Å²) in [5.74, 6) is 0.724. The highest BCUT2D eigenvalue weighted by Crippen LogP contribution is 2.29. The highest BCUT2D eigenvalue weighted by molar-refractivity contribution is 5.28. The van der Waals surface area contributed by atoms with E-state index in [-0.39, 0.29) is 0 Å². The van der Waals surface area contributed by atoms with Crippen molar-refractivity contribution in [3.63, 3.8) is 0 Å². The Bertz CT molecular complexity index is 291. The van der Waals surface area contributed by atoms with E-state index in [9.17, 15) is 0 Å². The molecule has 1 aromatic rings. The zero-order valence-electron chi connectivity index (χ0n) is 7.80. The van der Waals surface area contributed by atoms with Crippen LogP contribution in [0.5, 0.6) is 0 Å². The molecule has 0 bridgehead atoms. The molecule has 0 aromatic carbocycles. The van der Waals surface area contributed by atoms with Gasteiger partial charge in [0.15, 0.2) is 0 Å². The van der Waals surface area contributed by atoms with E-state index in [2.05, 4.69) is 31.0 Å². The molecule has 1 aliphatic carbocycles. The van der Waals surface area contributed by atoms with Gasteiger partial charge in [-0.1, -0.05) is 13.0 Å². The molecule has 1 aromatic heterocycles. The number of hydrogen-bond acceptors (Lipinski definition) is 1. The van der Waals surface area contributed by atoms with Gasteiger partial charge in [-0.05, 0) is 43.7 Å². The minimum absolute atomic E-state index is 0.724. The predicted octanol–water partition coefficient (Wildman–Crippen LogP) is 2.83. The van der Waals surface area contributed by atoms with Gasteiger partial charge in [0.1, 0.15) is 0 Å². The first-order valence-electron chi connectivity index (χ1n) is 4.74. The van der Waals surface area contributed by atoms with E-state index in [4.69, 9.17) is 0 Å². The predicted molar refractivity (Wildman–Crippen MR) is 50.3 cm³/mol. The lowest BCUT2D eigenvalue weighted by molar-refractivity contribution is 0.577. The third-order valence-electron chi connectivity index (χ3n) is 2.73. The van der Waals surface area contributed by atoms with Crippen molar-refractivity contribution in [2.75, 3.05) is 0 Å². The summed E-state index contributed by atoms with van der Waals surface area (Å²) in [6.07, 6.45) is 3.82. The summed E-state index contributed by atoms with van der Waals surface area (Å²) in [6, 6.07) is 4.38. The minimum Gasteiger partial charge on any atom is -0.258 e. The summed E-state index contributed by atoms with van der Waals surface area (Å²) in [5.41, 5.74) is 3.98. The molecule has 1 atom stereocenters. The topological polar surface area (TPSA) is 12.9 Å². The standard InChI is InChI=1S/C11H15N/c1-8-4-3-5-11-10(8)7-6-9(2)12-11/h6-8H,3-5H2,1-2H3/t8-/m1/s1. The van der Waals surface area contributed by atoms with Gasteiger partial charge >= 0.3 is 0 Å². The van der Waals surface area contributed by atoms with Crippen molar-refractivity contribution in [1.29, 1.82) is 0 Å². The summed E-state index contributed by atoms with van der Waals surface area (Å²) in [4.78, 5) is 4.56. The summed E-state index contributed by atoms with van der Waals surface area (Å²) >= 11 is 0. The molecule has 0 spiro atoms. The quantitative estimate of drug-likeness (QED) is 0.570. The van der Waals surface area contributed by atoms with Crippen LogP contribution in [0.3, 0.4) is 0 Å². The second kappa shape index (κ2) is 2.89. The molecule has 0 fully saturated rings. The lowest BCUT2D eigenvalue weighted by atomic mass is 9.87. The second-order valence-corrected chi connectivity index (χ2v) is 3.78. The van der Waals surface area contributed by atoms with E-state index in [1.165, 1.54) is 30.5 Å². The van der Waals surface area contributed by atoms with Crippen LogP contribution < -0.4 is 0 Å². The first kappa shape index (κ1) is 7.78. The summed E-state index contributed by atoms with van der Waals surface area (Å²) in [6.45, 7) is 4.37. The van der Waals surface area contributed by atoms with Crippen molar-refractivity contribution < 1.29 is 0 Å². The molecule has 0 amide bonds. The van der Waals surface area contributed by atoms with E-state index in [0.717, 1.165) is 11.6 Å². The van der Waals surface area contributed by atoms with Crippen molar-refractivity contribution in [1.82, 2.24) is 4.98 Å². The van der Waals surface area contributed by atoms with Gasteiger partial charge in [-0.25, -0.2) is 0 Å². The lowest BCUT2D eigenvalue weighted by Crippen LogP contribution is -2.09. The molecule has 0 saturated carbocycles. The third-order valence-corrected chi connectivity index (χ3v) is 2.73. The van der Waals surface area contributed by atoms with Gasteiger partial charge in [0.25, 0.3) is 0 Å². The molecule has 12 heavy (non-hydrogen) atoms. The Morgan fingerprint density at radius 1 is 1.42 bits per heavy atom. The largest absolute Gasteiger partial charge is 0.258 e. The zero-order valence-corrected chi connectivity index (χ0v) is 7.80. The van der Waals surface area contributed by atoms with Gasteiger partial charge in [0, 0.05) is 11.4 Å². The Balaban J connectivity index is 2.46. The maximum atomic E-state index is 4.56. The highest BCUT2D eigenvalue weighted by Gasteiger charge is 2.16. The van der Waals surface area contributed by atoms with Crippen LogP contribution in [-0.2, 0) is 6.42 Å². The molecule has 1 nitrogen and oxygen atoms in total. The van der Waals surface area contributed by atoms with Gasteiger partial charge in [0.05, 0.1) is 0 Å². The molecule has 0 radical (unpaired) electrons. The van der Waals surface area contributed by atoms with Crippen molar-refractivity contribution in [3.8, 4) is 0 Å². The third kappa shape index (κ3) is 1.24. The number of aromatic nitrogens is 1. The van der Waals surface area contributed by atoms with Gasteiger partial charge in [-0.2, -0.15) is 0 Å². The summed E-state index contributed by atoms with van der Waals surface area (Å²) < 4.78 is 0. The summed E-state index contributed by atoms with van der Waals surface area (Å²) in [7, 11) is 0. The SMILES string of the molecule is Cc1ccc2c(n1)CCC[C@H]2C. The summed E-state index contributed by atoms with van der Waals surface area (Å²) in [5, 5.41) is 0. The molecule has 1 aliphatic rings. The first-order valence-corrected chi connectivity index (χ1v) is 4.74. The highest BCUT2D eigenvalue weighted by atomic mass is 14.7. The molecule has 0 N–H and O–H groups in total. The van der Waals surface area contributed by atoms with E-state index in [1.807, 2.05) is 0 Å². The number of pyridine rings is 1. The fraction of sp³-hybridized carbons (Fsp3) is 0.545. The van der Waals surface area contributed by atoms with Gasteiger partial charge < -0.3 is 0 Å². The molecule has 1 heterocycles. The van der Waals surface area contributed by atoms with E-state index in [1.54, 1.807) is 0 Å². The van der Waals surface area contributed by atoms with Gasteiger partial charge in [0.2, 0.25) is 0 Å². The van der Waals surface area contributed by atoms with Crippen molar-refractivity contribution in [3.05, 3.63) is 29.1 Å². The Morgan fingerprint density at radius 2 is 2.25 bits per heavy atom. The second-order valence-electron chi connectivity index (χ2n) is 3.78. The fourth-order valence-corrected chi connectivity index (χ4v) is 2.00. The Hall–Kier alpha value is -0.850. The zero-order chi connectivity index (χ0) is 8.55. The van der Waals surface area contributed by atoms with Gasteiger partial charge in [-0.3, -0.25) is 4.98 Å². The van der Waals surface area contributed by atoms with Crippen LogP contribution in [0.2, 0.25) is 0 Å². The van der Waals surface area contributed by atoms with Crippen LogP contribution in [0.25, 0.3) is 0 Å². The number of fused-ring (bicyclic) bond motifs is 1. The van der Waals surface area contributed by atoms with Crippen LogP contribution in [0, 0.1) is 6.92 Å². The molecule has 64 valence electrons. The maximum absolute atomic E-state index is 4.56. The molecular formula is C11H15N. The van der Waals surface area contributed by atoms with Crippen LogP contribution >= 0.6 is 0 Å². The fourth-order valence-electron chi connectivity index (χ4n) is 2.00. The molecule has 0 saturated heterocycles. The maximum Gasteiger partial charge on any atom is 0.0441 e. The lowest BCUT2D eigenvalue weighted by Gasteiger charge is -2.21. The molecule has 2 rings (SSSR count). The van der Waals surface area contributed by atoms with Crippen molar-refractivity contribution in [2.24, 2.45) is 0 Å². The molecule has 0 unspecified atom stereocenters. The number of aryl methyl sites for hydroxylation is 2. The van der Waals surface area contributed by atoms with Crippen LogP contribution in [0.1, 0.15) is 42.6 Å². The van der Waals surface area contributed by atoms with E-state index < -0.39 is 0 Å². The van der Waals surface area contributed by atoms with Crippen molar-refractivity contribution >= 4 is 0 Å². The van der Waals surface area contributed by atoms with Crippen LogP contribution in [0.4, 0.5) is 0 Å².